The fraction of sp³-hybridized carbons (Fsp3) is 0.333. The lowest BCUT2D eigenvalue weighted by Crippen LogP contribution is -2.49. The van der Waals surface area contributed by atoms with Gasteiger partial charge in [-0.05, 0) is 38.1 Å². The number of pyridine rings is 3. The lowest BCUT2D eigenvalue weighted by atomic mass is 10.0. The van der Waals surface area contributed by atoms with Gasteiger partial charge in [-0.3, -0.25) is 10.4 Å². The van der Waals surface area contributed by atoms with E-state index in [1.54, 1.807) is 42.7 Å². The lowest BCUT2D eigenvalue weighted by Gasteiger charge is -2.34. The van der Waals surface area contributed by atoms with Crippen LogP contribution in [0, 0.1) is 5.41 Å². The van der Waals surface area contributed by atoms with E-state index in [1.807, 2.05) is 24.8 Å². The van der Waals surface area contributed by atoms with Crippen molar-refractivity contribution in [2.24, 2.45) is 0 Å². The molecule has 184 valence electrons. The number of rotatable bonds is 8. The van der Waals surface area contributed by atoms with E-state index in [1.165, 1.54) is 10.5 Å². The second-order valence-electron chi connectivity index (χ2n) is 8.52. The van der Waals surface area contributed by atoms with Crippen LogP contribution in [-0.2, 0) is 15.8 Å². The fourth-order valence-electron chi connectivity index (χ4n) is 3.83. The quantitative estimate of drug-likeness (QED) is 0.454. The Bertz CT molecular complexity index is 1290. The number of anilines is 2. The van der Waals surface area contributed by atoms with E-state index in [9.17, 15) is 8.42 Å². The highest BCUT2D eigenvalue weighted by Crippen LogP contribution is 2.23. The van der Waals surface area contributed by atoms with Crippen LogP contribution in [0.2, 0.25) is 0 Å². The Labute approximate surface area is 205 Å². The van der Waals surface area contributed by atoms with Gasteiger partial charge >= 0.3 is 0 Å². The highest BCUT2D eigenvalue weighted by atomic mass is 32.2. The van der Waals surface area contributed by atoms with Gasteiger partial charge in [0.2, 0.25) is 15.9 Å². The molecule has 0 bridgehead atoms. The molecule has 3 N–H and O–H groups in total. The minimum atomic E-state index is -3.46. The molecule has 10 nitrogen and oxygen atoms in total. The average molecular weight is 496 g/mol. The molecule has 1 fully saturated rings. The number of nitrogens with two attached hydrogens (primary N) is 1. The zero-order valence-corrected chi connectivity index (χ0v) is 20.6. The van der Waals surface area contributed by atoms with E-state index < -0.39 is 10.0 Å². The standard InChI is InChI=1S/C24H29N7O3S/c1-17(2)34-23-14-20(21(25)15-29-23)24(26)18-6-8-28-22(13-18)30-9-11-31(12-10-30)35(32,33)16-19-5-3-4-7-27-19/h3-8,13-15,17,26H,9-12,16,25H2,1-2H3. The zero-order valence-electron chi connectivity index (χ0n) is 19.8. The molecule has 11 heteroatoms. The summed E-state index contributed by atoms with van der Waals surface area (Å²) in [5.41, 5.74) is 8.42. The molecule has 0 aromatic carbocycles. The van der Waals surface area contributed by atoms with Crippen molar-refractivity contribution >= 4 is 27.2 Å². The van der Waals surface area contributed by atoms with Crippen molar-refractivity contribution < 1.29 is 13.2 Å². The number of nitrogens with one attached hydrogen (secondary N) is 1. The third kappa shape index (κ3) is 5.92. The zero-order chi connectivity index (χ0) is 25.0. The highest BCUT2D eigenvalue weighted by molar-refractivity contribution is 7.88. The van der Waals surface area contributed by atoms with Crippen LogP contribution in [0.1, 0.15) is 30.7 Å². The maximum atomic E-state index is 12.8. The summed E-state index contributed by atoms with van der Waals surface area (Å²) in [6, 6.07) is 10.5. The summed E-state index contributed by atoms with van der Waals surface area (Å²) in [6.07, 6.45) is 4.68. The van der Waals surface area contributed by atoms with Crippen LogP contribution >= 0.6 is 0 Å². The number of hydrogen-bond donors (Lipinski definition) is 2. The largest absolute Gasteiger partial charge is 0.475 e. The summed E-state index contributed by atoms with van der Waals surface area (Å²) in [4.78, 5) is 14.8. The average Bonchev–Trinajstić information content (AvgIpc) is 2.85. The van der Waals surface area contributed by atoms with Gasteiger partial charge in [0.05, 0.1) is 29.4 Å². The molecule has 1 aliphatic heterocycles. The Morgan fingerprint density at radius 3 is 2.54 bits per heavy atom. The molecule has 0 unspecified atom stereocenters. The Hall–Kier alpha value is -3.57. The first-order valence-electron chi connectivity index (χ1n) is 11.3. The second kappa shape index (κ2) is 10.4. The number of aromatic nitrogens is 3. The van der Waals surface area contributed by atoms with Gasteiger partial charge in [0.1, 0.15) is 11.6 Å². The molecule has 1 aliphatic rings. The normalized spacial score (nSPS) is 14.8. The van der Waals surface area contributed by atoms with Gasteiger partial charge in [0.25, 0.3) is 0 Å². The first kappa shape index (κ1) is 24.6. The number of sulfonamides is 1. The third-order valence-corrected chi connectivity index (χ3v) is 7.39. The van der Waals surface area contributed by atoms with Crippen LogP contribution in [0.5, 0.6) is 5.88 Å². The maximum Gasteiger partial charge on any atom is 0.219 e. The van der Waals surface area contributed by atoms with E-state index >= 15 is 0 Å². The Morgan fingerprint density at radius 1 is 1.09 bits per heavy atom. The maximum absolute atomic E-state index is 12.8. The summed E-state index contributed by atoms with van der Waals surface area (Å²) in [6.45, 7) is 5.50. The monoisotopic (exact) mass is 495 g/mol. The SMILES string of the molecule is CC(C)Oc1cc(C(=N)c2ccnc(N3CCN(S(=O)(=O)Cc4ccccn4)CC3)c2)c(N)cn1. The lowest BCUT2D eigenvalue weighted by molar-refractivity contribution is 0.232. The van der Waals surface area contributed by atoms with E-state index in [0.29, 0.717) is 60.4 Å². The van der Waals surface area contributed by atoms with Gasteiger partial charge in [-0.15, -0.1) is 0 Å². The second-order valence-corrected chi connectivity index (χ2v) is 10.5. The van der Waals surface area contributed by atoms with Crippen LogP contribution in [0.4, 0.5) is 11.5 Å². The Kier molecular flexibility index (Phi) is 7.27. The third-order valence-electron chi connectivity index (χ3n) is 5.58. The molecule has 0 radical (unpaired) electrons. The highest BCUT2D eigenvalue weighted by Gasteiger charge is 2.28. The van der Waals surface area contributed by atoms with E-state index in [-0.39, 0.29) is 17.6 Å². The van der Waals surface area contributed by atoms with Crippen LogP contribution in [0.3, 0.4) is 0 Å². The molecule has 0 saturated carbocycles. The van der Waals surface area contributed by atoms with Crippen LogP contribution < -0.4 is 15.4 Å². The first-order valence-corrected chi connectivity index (χ1v) is 12.9. The van der Waals surface area contributed by atoms with Gasteiger partial charge in [-0.25, -0.2) is 18.4 Å². The van der Waals surface area contributed by atoms with E-state index in [2.05, 4.69) is 15.0 Å². The molecule has 4 rings (SSSR count). The van der Waals surface area contributed by atoms with Gasteiger partial charge < -0.3 is 15.4 Å². The van der Waals surface area contributed by atoms with Crippen molar-refractivity contribution in [1.82, 2.24) is 19.3 Å². The number of nitrogen functional groups attached to an aromatic ring is 1. The molecular formula is C24H29N7O3S. The van der Waals surface area contributed by atoms with Crippen molar-refractivity contribution in [2.45, 2.75) is 25.7 Å². The van der Waals surface area contributed by atoms with Gasteiger partial charge in [-0.1, -0.05) is 6.07 Å². The topological polar surface area (TPSA) is 138 Å². The molecule has 3 aromatic rings. The van der Waals surface area contributed by atoms with Crippen molar-refractivity contribution in [3.63, 3.8) is 0 Å². The molecule has 0 aliphatic carbocycles. The van der Waals surface area contributed by atoms with Crippen LogP contribution in [0.25, 0.3) is 0 Å². The fourth-order valence-corrected chi connectivity index (χ4v) is 5.28. The summed E-state index contributed by atoms with van der Waals surface area (Å²) < 4.78 is 32.8. The summed E-state index contributed by atoms with van der Waals surface area (Å²) in [5, 5.41) is 8.72. The van der Waals surface area contributed by atoms with Crippen molar-refractivity contribution in [3.05, 3.63) is 71.8 Å². The minimum absolute atomic E-state index is 0.0490. The van der Waals surface area contributed by atoms with Crippen LogP contribution in [0.15, 0.2) is 55.0 Å². The van der Waals surface area contributed by atoms with Gasteiger partial charge in [0, 0.05) is 55.8 Å². The summed E-state index contributed by atoms with van der Waals surface area (Å²) in [5.74, 6) is 0.973. The molecular weight excluding hydrogens is 466 g/mol. The summed E-state index contributed by atoms with van der Waals surface area (Å²) >= 11 is 0. The number of ether oxygens (including phenoxy) is 1. The van der Waals surface area contributed by atoms with Gasteiger partial charge in [0.15, 0.2) is 0 Å². The van der Waals surface area contributed by atoms with Gasteiger partial charge in [-0.2, -0.15) is 4.31 Å². The Balaban J connectivity index is 1.45. The molecule has 0 atom stereocenters. The van der Waals surface area contributed by atoms with Crippen molar-refractivity contribution in [2.75, 3.05) is 36.8 Å². The number of hydrogen-bond acceptors (Lipinski definition) is 9. The number of nitrogens with zero attached hydrogens (tertiary/aromatic N) is 5. The molecule has 3 aromatic heterocycles. The molecule has 0 spiro atoms. The van der Waals surface area contributed by atoms with E-state index in [0.717, 1.165) is 0 Å². The smallest absolute Gasteiger partial charge is 0.219 e. The number of piperazine rings is 1. The first-order chi connectivity index (χ1) is 16.7. The predicted octanol–water partition coefficient (Wildman–Crippen LogP) is 2.31. The van der Waals surface area contributed by atoms with Crippen molar-refractivity contribution in [3.8, 4) is 5.88 Å². The molecule has 4 heterocycles. The Morgan fingerprint density at radius 2 is 1.86 bits per heavy atom. The minimum Gasteiger partial charge on any atom is -0.475 e. The molecule has 35 heavy (non-hydrogen) atoms. The predicted molar refractivity (Wildman–Crippen MR) is 135 cm³/mol. The molecule has 1 saturated heterocycles. The molecule has 0 amide bonds. The van der Waals surface area contributed by atoms with Crippen LogP contribution in [-0.4, -0.2) is 65.7 Å². The van der Waals surface area contributed by atoms with Crippen molar-refractivity contribution in [1.29, 1.82) is 5.41 Å². The summed E-state index contributed by atoms with van der Waals surface area (Å²) in [7, 11) is -3.46. The van der Waals surface area contributed by atoms with E-state index in [4.69, 9.17) is 15.9 Å².